The Kier molecular flexibility index (Phi) is 5.56. The number of fused-ring (bicyclic) bond motifs is 1. The fourth-order valence-corrected chi connectivity index (χ4v) is 2.47. The molecule has 0 aliphatic carbocycles. The number of rotatable bonds is 6. The van der Waals surface area contributed by atoms with Crippen molar-refractivity contribution in [3.05, 3.63) is 66.8 Å². The lowest BCUT2D eigenvalue weighted by Gasteiger charge is -2.23. The second-order valence-corrected chi connectivity index (χ2v) is 5.95. The van der Waals surface area contributed by atoms with Crippen molar-refractivity contribution >= 4 is 29.3 Å². The predicted octanol–water partition coefficient (Wildman–Crippen LogP) is 3.62. The van der Waals surface area contributed by atoms with E-state index in [2.05, 4.69) is 17.2 Å². The normalized spacial score (nSPS) is 15.4. The van der Waals surface area contributed by atoms with Crippen molar-refractivity contribution in [2.75, 3.05) is 17.2 Å². The Balaban J connectivity index is 1.60. The minimum Gasteiger partial charge on any atom is -0.490 e. The van der Waals surface area contributed by atoms with E-state index in [0.29, 0.717) is 23.7 Å². The van der Waals surface area contributed by atoms with Crippen LogP contribution in [0.5, 0.6) is 11.5 Å². The third-order valence-corrected chi connectivity index (χ3v) is 3.85. The summed E-state index contributed by atoms with van der Waals surface area (Å²) in [7, 11) is 0. The number of anilines is 2. The van der Waals surface area contributed by atoms with Crippen LogP contribution in [-0.4, -0.2) is 24.5 Å². The third kappa shape index (κ3) is 4.76. The van der Waals surface area contributed by atoms with E-state index in [4.69, 9.17) is 9.47 Å². The summed E-state index contributed by atoms with van der Waals surface area (Å²) in [6.45, 7) is 5.72. The zero-order valence-electron chi connectivity index (χ0n) is 14.9. The van der Waals surface area contributed by atoms with E-state index in [1.165, 1.54) is 6.08 Å². The van der Waals surface area contributed by atoms with Gasteiger partial charge in [0, 0.05) is 11.8 Å². The molecule has 27 heavy (non-hydrogen) atoms. The molecule has 0 saturated carbocycles. The van der Waals surface area contributed by atoms with Crippen molar-refractivity contribution < 1.29 is 19.1 Å². The first kappa shape index (κ1) is 18.3. The molecule has 2 N–H and O–H groups in total. The van der Waals surface area contributed by atoms with Crippen LogP contribution in [0, 0.1) is 0 Å². The zero-order chi connectivity index (χ0) is 19.2. The SMILES string of the molecule is C=CCOc1ccc(/C=C/C(=O)Nc2ccc3c(c2)NC(=O)[C@@H](C)O3)cc1. The number of amides is 2. The van der Waals surface area contributed by atoms with Crippen molar-refractivity contribution in [1.82, 2.24) is 0 Å². The molecule has 138 valence electrons. The lowest BCUT2D eigenvalue weighted by Crippen LogP contribution is -2.34. The van der Waals surface area contributed by atoms with Gasteiger partial charge in [0.1, 0.15) is 18.1 Å². The predicted molar refractivity (Wildman–Crippen MR) is 105 cm³/mol. The van der Waals surface area contributed by atoms with Crippen molar-refractivity contribution in [2.24, 2.45) is 0 Å². The molecule has 6 heteroatoms. The molecule has 2 amide bonds. The first-order valence-electron chi connectivity index (χ1n) is 8.49. The number of hydrogen-bond acceptors (Lipinski definition) is 4. The number of ether oxygens (including phenoxy) is 2. The Morgan fingerprint density at radius 2 is 2.07 bits per heavy atom. The molecule has 6 nitrogen and oxygen atoms in total. The minimum absolute atomic E-state index is 0.216. The summed E-state index contributed by atoms with van der Waals surface area (Å²) in [5, 5.41) is 5.51. The lowest BCUT2D eigenvalue weighted by atomic mass is 10.2. The molecule has 1 aliphatic rings. The summed E-state index contributed by atoms with van der Waals surface area (Å²) in [5.74, 6) is 0.822. The highest BCUT2D eigenvalue weighted by Gasteiger charge is 2.23. The maximum Gasteiger partial charge on any atom is 0.265 e. The number of carbonyl (C=O) groups is 2. The molecule has 0 bridgehead atoms. The van der Waals surface area contributed by atoms with E-state index in [1.54, 1.807) is 37.3 Å². The molecule has 0 saturated heterocycles. The van der Waals surface area contributed by atoms with Crippen LogP contribution in [0.2, 0.25) is 0 Å². The highest BCUT2D eigenvalue weighted by Crippen LogP contribution is 2.32. The molecule has 0 unspecified atom stereocenters. The quantitative estimate of drug-likeness (QED) is 0.606. The van der Waals surface area contributed by atoms with Gasteiger partial charge in [-0.25, -0.2) is 0 Å². The number of benzene rings is 2. The third-order valence-electron chi connectivity index (χ3n) is 3.85. The average Bonchev–Trinajstić information content (AvgIpc) is 2.66. The number of carbonyl (C=O) groups excluding carboxylic acids is 2. The Hall–Kier alpha value is -3.54. The fraction of sp³-hybridized carbons (Fsp3) is 0.143. The van der Waals surface area contributed by atoms with Crippen LogP contribution in [0.15, 0.2) is 61.2 Å². The largest absolute Gasteiger partial charge is 0.490 e. The van der Waals surface area contributed by atoms with E-state index < -0.39 is 6.10 Å². The summed E-state index contributed by atoms with van der Waals surface area (Å²) in [5.41, 5.74) is 1.97. The topological polar surface area (TPSA) is 76.7 Å². The van der Waals surface area contributed by atoms with Crippen LogP contribution < -0.4 is 20.1 Å². The second kappa shape index (κ2) is 8.23. The molecule has 0 spiro atoms. The monoisotopic (exact) mass is 364 g/mol. The molecule has 0 aromatic heterocycles. The van der Waals surface area contributed by atoms with Gasteiger partial charge in [0.2, 0.25) is 5.91 Å². The standard InChI is InChI=1S/C21H20N2O4/c1-3-12-26-17-8-4-15(5-9-17)6-11-20(24)22-16-7-10-19-18(13-16)23-21(25)14(2)27-19/h3-11,13-14H,1,12H2,2H3,(H,22,24)(H,23,25)/b11-6+/t14-/m1/s1. The summed E-state index contributed by atoms with van der Waals surface area (Å²) < 4.78 is 10.9. The molecule has 1 aliphatic heterocycles. The molecular weight excluding hydrogens is 344 g/mol. The second-order valence-electron chi connectivity index (χ2n) is 5.95. The van der Waals surface area contributed by atoms with Gasteiger partial charge in [0.05, 0.1) is 5.69 Å². The average molecular weight is 364 g/mol. The Morgan fingerprint density at radius 3 is 2.81 bits per heavy atom. The molecular formula is C21H20N2O4. The molecule has 0 radical (unpaired) electrons. The Labute approximate surface area is 157 Å². The van der Waals surface area contributed by atoms with Gasteiger partial charge in [-0.1, -0.05) is 24.8 Å². The van der Waals surface area contributed by atoms with Gasteiger partial charge in [-0.05, 0) is 48.9 Å². The summed E-state index contributed by atoms with van der Waals surface area (Å²) in [6.07, 6.45) is 4.29. The molecule has 3 rings (SSSR count). The molecule has 1 heterocycles. The summed E-state index contributed by atoms with van der Waals surface area (Å²) in [6, 6.07) is 12.5. The first-order chi connectivity index (χ1) is 13.0. The van der Waals surface area contributed by atoms with Crippen LogP contribution in [0.25, 0.3) is 6.08 Å². The Morgan fingerprint density at radius 1 is 1.30 bits per heavy atom. The van der Waals surface area contributed by atoms with Gasteiger partial charge in [-0.2, -0.15) is 0 Å². The van der Waals surface area contributed by atoms with Crippen molar-refractivity contribution in [3.8, 4) is 11.5 Å². The van der Waals surface area contributed by atoms with E-state index in [9.17, 15) is 9.59 Å². The molecule has 2 aromatic carbocycles. The van der Waals surface area contributed by atoms with Gasteiger partial charge >= 0.3 is 0 Å². The highest BCUT2D eigenvalue weighted by atomic mass is 16.5. The van der Waals surface area contributed by atoms with E-state index in [1.807, 2.05) is 24.3 Å². The van der Waals surface area contributed by atoms with Crippen molar-refractivity contribution in [1.29, 1.82) is 0 Å². The summed E-state index contributed by atoms with van der Waals surface area (Å²) in [4.78, 5) is 23.8. The zero-order valence-corrected chi connectivity index (χ0v) is 14.9. The minimum atomic E-state index is -0.533. The van der Waals surface area contributed by atoms with Gasteiger partial charge < -0.3 is 20.1 Å². The van der Waals surface area contributed by atoms with E-state index in [-0.39, 0.29) is 11.8 Å². The highest BCUT2D eigenvalue weighted by molar-refractivity contribution is 6.03. The molecule has 0 fully saturated rings. The van der Waals surface area contributed by atoms with Crippen LogP contribution in [0.4, 0.5) is 11.4 Å². The molecule has 1 atom stereocenters. The van der Waals surface area contributed by atoms with Crippen molar-refractivity contribution in [2.45, 2.75) is 13.0 Å². The van der Waals surface area contributed by atoms with Gasteiger partial charge in [-0.15, -0.1) is 0 Å². The maximum atomic E-state index is 12.1. The smallest absolute Gasteiger partial charge is 0.265 e. The van der Waals surface area contributed by atoms with Crippen LogP contribution in [0.3, 0.4) is 0 Å². The van der Waals surface area contributed by atoms with Gasteiger partial charge in [0.15, 0.2) is 6.10 Å². The van der Waals surface area contributed by atoms with Gasteiger partial charge in [0.25, 0.3) is 5.91 Å². The van der Waals surface area contributed by atoms with Crippen LogP contribution in [-0.2, 0) is 9.59 Å². The maximum absolute atomic E-state index is 12.1. The van der Waals surface area contributed by atoms with E-state index >= 15 is 0 Å². The van der Waals surface area contributed by atoms with Crippen molar-refractivity contribution in [3.63, 3.8) is 0 Å². The number of hydrogen-bond donors (Lipinski definition) is 2. The Bertz CT molecular complexity index is 888. The van der Waals surface area contributed by atoms with Gasteiger partial charge in [-0.3, -0.25) is 9.59 Å². The fourth-order valence-electron chi connectivity index (χ4n) is 2.47. The molecule has 2 aromatic rings. The first-order valence-corrected chi connectivity index (χ1v) is 8.49. The van der Waals surface area contributed by atoms with Crippen LogP contribution in [0.1, 0.15) is 12.5 Å². The van der Waals surface area contributed by atoms with E-state index in [0.717, 1.165) is 11.3 Å². The summed E-state index contributed by atoms with van der Waals surface area (Å²) >= 11 is 0. The van der Waals surface area contributed by atoms with Crippen LogP contribution >= 0.6 is 0 Å². The number of nitrogens with one attached hydrogen (secondary N) is 2. The lowest BCUT2D eigenvalue weighted by molar-refractivity contribution is -0.122.